The van der Waals surface area contributed by atoms with E-state index in [1.165, 1.54) is 0 Å². The van der Waals surface area contributed by atoms with E-state index in [4.69, 9.17) is 0 Å². The summed E-state index contributed by atoms with van der Waals surface area (Å²) in [5, 5.41) is 0. The lowest BCUT2D eigenvalue weighted by molar-refractivity contribution is -0.131. The first-order valence-electron chi connectivity index (χ1n) is 7.96. The summed E-state index contributed by atoms with van der Waals surface area (Å²) < 4.78 is 0. The summed E-state index contributed by atoms with van der Waals surface area (Å²) in [6.45, 7) is 18.3. The average Bonchev–Trinajstić information content (AvgIpc) is 2.35. The molecule has 3 heteroatoms. The molecule has 1 rings (SSSR count). The van der Waals surface area contributed by atoms with Crippen LogP contribution in [0.2, 0.25) is 0 Å². The van der Waals surface area contributed by atoms with Crippen molar-refractivity contribution in [3.63, 3.8) is 0 Å². The van der Waals surface area contributed by atoms with Crippen LogP contribution in [-0.2, 0) is 4.79 Å². The van der Waals surface area contributed by atoms with Crippen molar-refractivity contribution in [3.05, 3.63) is 0 Å². The minimum Gasteiger partial charge on any atom is -0.341 e. The molecule has 0 aromatic rings. The van der Waals surface area contributed by atoms with Gasteiger partial charge in [0.2, 0.25) is 5.91 Å². The van der Waals surface area contributed by atoms with Gasteiger partial charge in [-0.2, -0.15) is 0 Å². The lowest BCUT2D eigenvalue weighted by atomic mass is 9.67. The van der Waals surface area contributed by atoms with E-state index < -0.39 is 0 Å². The van der Waals surface area contributed by atoms with Crippen molar-refractivity contribution in [1.82, 2.24) is 9.80 Å². The highest BCUT2D eigenvalue weighted by Crippen LogP contribution is 2.40. The van der Waals surface area contributed by atoms with Gasteiger partial charge >= 0.3 is 0 Å². The molecule has 0 radical (unpaired) electrons. The predicted molar refractivity (Wildman–Crippen MR) is 85.7 cm³/mol. The topological polar surface area (TPSA) is 23.6 Å². The van der Waals surface area contributed by atoms with Crippen molar-refractivity contribution in [2.24, 2.45) is 16.7 Å². The fraction of sp³-hybridized carbons (Fsp3) is 0.941. The Bertz CT molecular complexity index is 338. The maximum absolute atomic E-state index is 12.4. The third kappa shape index (κ3) is 3.97. The van der Waals surface area contributed by atoms with Crippen LogP contribution in [-0.4, -0.2) is 48.4 Å². The summed E-state index contributed by atoms with van der Waals surface area (Å²) in [6.07, 6.45) is 1.03. The SMILES string of the molecule is CCCN1CC(C(C)(C)C)C(C(C)(C)C)N(C)CC1=O. The quantitative estimate of drug-likeness (QED) is 0.776. The number of hydrogen-bond donors (Lipinski definition) is 0. The molecule has 1 aliphatic rings. The lowest BCUT2D eigenvalue weighted by Crippen LogP contribution is -2.51. The zero-order valence-corrected chi connectivity index (χ0v) is 14.8. The molecule has 1 saturated heterocycles. The highest BCUT2D eigenvalue weighted by atomic mass is 16.2. The molecule has 0 saturated carbocycles. The van der Waals surface area contributed by atoms with Crippen molar-refractivity contribution in [2.75, 3.05) is 26.7 Å². The fourth-order valence-corrected chi connectivity index (χ4v) is 3.66. The van der Waals surface area contributed by atoms with E-state index >= 15 is 0 Å². The Morgan fingerprint density at radius 3 is 2.05 bits per heavy atom. The van der Waals surface area contributed by atoms with Gasteiger partial charge in [-0.25, -0.2) is 0 Å². The van der Waals surface area contributed by atoms with E-state index in [9.17, 15) is 4.79 Å². The molecule has 1 aliphatic heterocycles. The van der Waals surface area contributed by atoms with Crippen molar-refractivity contribution in [3.8, 4) is 0 Å². The van der Waals surface area contributed by atoms with Crippen LogP contribution in [0.15, 0.2) is 0 Å². The molecule has 0 aromatic carbocycles. The molecule has 3 nitrogen and oxygen atoms in total. The molecule has 1 amide bonds. The van der Waals surface area contributed by atoms with Gasteiger partial charge in [-0.15, -0.1) is 0 Å². The number of amides is 1. The van der Waals surface area contributed by atoms with Gasteiger partial charge in [0.15, 0.2) is 0 Å². The van der Waals surface area contributed by atoms with E-state index in [2.05, 4.69) is 65.3 Å². The number of hydrogen-bond acceptors (Lipinski definition) is 2. The lowest BCUT2D eigenvalue weighted by Gasteiger charge is -2.46. The van der Waals surface area contributed by atoms with Crippen molar-refractivity contribution in [2.45, 2.75) is 60.9 Å². The first-order chi connectivity index (χ1) is 8.98. The van der Waals surface area contributed by atoms with Gasteiger partial charge in [0.25, 0.3) is 0 Å². The zero-order valence-electron chi connectivity index (χ0n) is 14.8. The molecule has 0 aromatic heterocycles. The minimum atomic E-state index is 0.176. The van der Waals surface area contributed by atoms with Gasteiger partial charge in [-0.05, 0) is 30.2 Å². The molecule has 2 atom stereocenters. The number of likely N-dealkylation sites (N-methyl/N-ethyl adjacent to an activating group) is 1. The standard InChI is InChI=1S/C17H34N2O/c1-9-10-19-11-13(16(2,3)4)15(17(5,6)7)18(8)12-14(19)20/h13,15H,9-12H2,1-8H3. The summed E-state index contributed by atoms with van der Waals surface area (Å²) in [5.74, 6) is 0.779. The molecule has 118 valence electrons. The Morgan fingerprint density at radius 2 is 1.65 bits per heavy atom. The average molecular weight is 282 g/mol. The number of rotatable bonds is 2. The summed E-state index contributed by atoms with van der Waals surface area (Å²) in [7, 11) is 2.11. The molecule has 0 spiro atoms. The Kier molecular flexibility index (Phi) is 5.29. The van der Waals surface area contributed by atoms with Gasteiger partial charge in [0.1, 0.15) is 0 Å². The maximum atomic E-state index is 12.4. The van der Waals surface area contributed by atoms with E-state index in [0.29, 0.717) is 18.5 Å². The molecule has 0 N–H and O–H groups in total. The molecular formula is C17H34N2O. The zero-order chi connectivity index (χ0) is 15.7. The van der Waals surface area contributed by atoms with Gasteiger partial charge in [0, 0.05) is 19.1 Å². The van der Waals surface area contributed by atoms with E-state index in [1.54, 1.807) is 0 Å². The first-order valence-corrected chi connectivity index (χ1v) is 7.96. The monoisotopic (exact) mass is 282 g/mol. The van der Waals surface area contributed by atoms with E-state index in [0.717, 1.165) is 19.5 Å². The van der Waals surface area contributed by atoms with Crippen LogP contribution in [0.3, 0.4) is 0 Å². The molecule has 2 unspecified atom stereocenters. The first kappa shape index (κ1) is 17.5. The molecular weight excluding hydrogens is 248 g/mol. The van der Waals surface area contributed by atoms with E-state index in [1.807, 2.05) is 0 Å². The summed E-state index contributed by atoms with van der Waals surface area (Å²) in [6, 6.07) is 0.424. The molecule has 1 heterocycles. The van der Waals surface area contributed by atoms with Crippen molar-refractivity contribution in [1.29, 1.82) is 0 Å². The fourth-order valence-electron chi connectivity index (χ4n) is 3.66. The third-order valence-corrected chi connectivity index (χ3v) is 4.50. The Morgan fingerprint density at radius 1 is 1.10 bits per heavy atom. The number of nitrogens with zero attached hydrogens (tertiary/aromatic N) is 2. The van der Waals surface area contributed by atoms with Crippen LogP contribution in [0.4, 0.5) is 0 Å². The number of carbonyl (C=O) groups is 1. The number of carbonyl (C=O) groups excluding carboxylic acids is 1. The molecule has 20 heavy (non-hydrogen) atoms. The Balaban J connectivity index is 3.17. The van der Waals surface area contributed by atoms with Crippen LogP contribution in [0.25, 0.3) is 0 Å². The highest BCUT2D eigenvalue weighted by molar-refractivity contribution is 5.78. The second-order valence-corrected chi connectivity index (χ2v) is 8.54. The van der Waals surface area contributed by atoms with Gasteiger partial charge in [-0.1, -0.05) is 48.5 Å². The van der Waals surface area contributed by atoms with Crippen LogP contribution in [0.5, 0.6) is 0 Å². The van der Waals surface area contributed by atoms with Crippen LogP contribution >= 0.6 is 0 Å². The second-order valence-electron chi connectivity index (χ2n) is 8.54. The largest absolute Gasteiger partial charge is 0.341 e. The predicted octanol–water partition coefficient (Wildman–Crippen LogP) is 3.25. The highest BCUT2D eigenvalue weighted by Gasteiger charge is 2.44. The van der Waals surface area contributed by atoms with Crippen molar-refractivity contribution >= 4 is 5.91 Å². The summed E-state index contributed by atoms with van der Waals surface area (Å²) in [4.78, 5) is 16.8. The van der Waals surface area contributed by atoms with E-state index in [-0.39, 0.29) is 16.7 Å². The van der Waals surface area contributed by atoms with Crippen LogP contribution in [0, 0.1) is 16.7 Å². The van der Waals surface area contributed by atoms with Gasteiger partial charge in [-0.3, -0.25) is 9.69 Å². The van der Waals surface area contributed by atoms with Crippen LogP contribution in [0.1, 0.15) is 54.9 Å². The maximum Gasteiger partial charge on any atom is 0.236 e. The normalized spacial score (nSPS) is 26.8. The summed E-state index contributed by atoms with van der Waals surface area (Å²) in [5.41, 5.74) is 0.373. The smallest absolute Gasteiger partial charge is 0.236 e. The summed E-state index contributed by atoms with van der Waals surface area (Å²) >= 11 is 0. The third-order valence-electron chi connectivity index (χ3n) is 4.50. The van der Waals surface area contributed by atoms with Gasteiger partial charge in [0.05, 0.1) is 6.54 Å². The molecule has 0 bridgehead atoms. The Hall–Kier alpha value is -0.570. The second kappa shape index (κ2) is 6.05. The molecule has 1 fully saturated rings. The Labute approximate surface area is 125 Å². The molecule has 0 aliphatic carbocycles. The van der Waals surface area contributed by atoms with Crippen molar-refractivity contribution < 1.29 is 4.79 Å². The van der Waals surface area contributed by atoms with Crippen LogP contribution < -0.4 is 0 Å². The van der Waals surface area contributed by atoms with Gasteiger partial charge < -0.3 is 4.90 Å². The minimum absolute atomic E-state index is 0.176.